The van der Waals surface area contributed by atoms with Gasteiger partial charge in [0.05, 0.1) is 22.2 Å². The third-order valence-corrected chi connectivity index (χ3v) is 6.14. The quantitative estimate of drug-likeness (QED) is 0.915. The van der Waals surface area contributed by atoms with Gasteiger partial charge in [-0.1, -0.05) is 6.07 Å². The Kier molecular flexibility index (Phi) is 3.57. The van der Waals surface area contributed by atoms with Gasteiger partial charge in [-0.2, -0.15) is 0 Å². The standard InChI is InChI=1S/C18H17FN2O3S/c1-11-16-10-15(8-12-4-3-7-21(17(12)16)18(11)22)25(23,24)20-14-6-2-5-13(19)9-14/h2,5-6,8-11,20H,3-4,7H2,1H3/t11-/m0/s1. The third-order valence-electron chi connectivity index (χ3n) is 4.78. The van der Waals surface area contributed by atoms with Crippen LogP contribution in [0.25, 0.3) is 0 Å². The maximum absolute atomic E-state index is 13.3. The first kappa shape index (κ1) is 16.1. The van der Waals surface area contributed by atoms with Crippen LogP contribution in [-0.2, 0) is 21.2 Å². The number of benzene rings is 2. The van der Waals surface area contributed by atoms with E-state index in [-0.39, 0.29) is 22.4 Å². The van der Waals surface area contributed by atoms with Gasteiger partial charge >= 0.3 is 0 Å². The second-order valence-corrected chi connectivity index (χ2v) is 8.13. The Morgan fingerprint density at radius 1 is 1.24 bits per heavy atom. The molecule has 2 aliphatic rings. The van der Waals surface area contributed by atoms with Gasteiger partial charge in [0.15, 0.2) is 0 Å². The number of sulfonamides is 1. The van der Waals surface area contributed by atoms with Crippen molar-refractivity contribution < 1.29 is 17.6 Å². The Morgan fingerprint density at radius 2 is 2.04 bits per heavy atom. The summed E-state index contributed by atoms with van der Waals surface area (Å²) in [5.74, 6) is -0.848. The highest BCUT2D eigenvalue weighted by molar-refractivity contribution is 7.92. The number of anilines is 2. The van der Waals surface area contributed by atoms with Crippen LogP contribution in [0.1, 0.15) is 30.4 Å². The van der Waals surface area contributed by atoms with Gasteiger partial charge < -0.3 is 4.90 Å². The lowest BCUT2D eigenvalue weighted by atomic mass is 9.97. The summed E-state index contributed by atoms with van der Waals surface area (Å²) in [6, 6.07) is 8.50. The molecule has 0 spiro atoms. The zero-order valence-corrected chi connectivity index (χ0v) is 14.4. The summed E-state index contributed by atoms with van der Waals surface area (Å²) in [6.07, 6.45) is 1.55. The highest BCUT2D eigenvalue weighted by Crippen LogP contribution is 2.44. The molecule has 2 aromatic rings. The number of hydrogen-bond donors (Lipinski definition) is 1. The lowest BCUT2D eigenvalue weighted by Gasteiger charge is -2.26. The molecule has 0 radical (unpaired) electrons. The van der Waals surface area contributed by atoms with Crippen molar-refractivity contribution in [2.45, 2.75) is 30.6 Å². The highest BCUT2D eigenvalue weighted by Gasteiger charge is 2.38. The number of carbonyl (C=O) groups excluding carboxylic acids is 1. The summed E-state index contributed by atoms with van der Waals surface area (Å²) in [5.41, 5.74) is 2.66. The van der Waals surface area contributed by atoms with E-state index in [1.54, 1.807) is 24.0 Å². The molecule has 1 atom stereocenters. The normalized spacial score (nSPS) is 19.0. The fourth-order valence-electron chi connectivity index (χ4n) is 3.59. The van der Waals surface area contributed by atoms with E-state index in [9.17, 15) is 17.6 Å². The predicted molar refractivity (Wildman–Crippen MR) is 92.7 cm³/mol. The van der Waals surface area contributed by atoms with Gasteiger partial charge in [-0.25, -0.2) is 12.8 Å². The van der Waals surface area contributed by atoms with Crippen LogP contribution < -0.4 is 9.62 Å². The minimum atomic E-state index is -3.87. The molecule has 4 rings (SSSR count). The lowest BCUT2D eigenvalue weighted by molar-refractivity contribution is -0.119. The van der Waals surface area contributed by atoms with Crippen molar-refractivity contribution >= 4 is 27.3 Å². The maximum Gasteiger partial charge on any atom is 0.261 e. The van der Waals surface area contributed by atoms with E-state index >= 15 is 0 Å². The van der Waals surface area contributed by atoms with Crippen molar-refractivity contribution in [3.8, 4) is 0 Å². The molecule has 0 aliphatic carbocycles. The van der Waals surface area contributed by atoms with Crippen LogP contribution in [0.5, 0.6) is 0 Å². The van der Waals surface area contributed by atoms with Crippen LogP contribution in [0.15, 0.2) is 41.3 Å². The van der Waals surface area contributed by atoms with E-state index in [4.69, 9.17) is 0 Å². The molecule has 1 amide bonds. The van der Waals surface area contributed by atoms with Crippen LogP contribution in [-0.4, -0.2) is 20.9 Å². The van der Waals surface area contributed by atoms with Crippen molar-refractivity contribution in [1.29, 1.82) is 0 Å². The SMILES string of the molecule is C[C@@H]1C(=O)N2CCCc3cc(S(=O)(=O)Nc4cccc(F)c4)cc1c32. The van der Waals surface area contributed by atoms with Crippen LogP contribution >= 0.6 is 0 Å². The molecule has 2 aliphatic heterocycles. The molecule has 1 N–H and O–H groups in total. The van der Waals surface area contributed by atoms with Crippen LogP contribution in [0, 0.1) is 5.82 Å². The predicted octanol–water partition coefficient (Wildman–Crippen LogP) is 3.02. The summed E-state index contributed by atoms with van der Waals surface area (Å²) in [6.45, 7) is 2.48. The highest BCUT2D eigenvalue weighted by atomic mass is 32.2. The zero-order valence-electron chi connectivity index (χ0n) is 13.6. The number of halogens is 1. The molecule has 130 valence electrons. The van der Waals surface area contributed by atoms with E-state index in [2.05, 4.69) is 4.72 Å². The first-order chi connectivity index (χ1) is 11.9. The number of nitrogens with one attached hydrogen (secondary N) is 1. The number of rotatable bonds is 3. The van der Waals surface area contributed by atoms with Gasteiger partial charge in [-0.3, -0.25) is 9.52 Å². The van der Waals surface area contributed by atoms with Crippen molar-refractivity contribution in [3.63, 3.8) is 0 Å². The van der Waals surface area contributed by atoms with Gasteiger partial charge in [0, 0.05) is 6.54 Å². The lowest BCUT2D eigenvalue weighted by Crippen LogP contribution is -2.32. The topological polar surface area (TPSA) is 66.5 Å². The molecule has 2 aromatic carbocycles. The first-order valence-corrected chi connectivity index (χ1v) is 9.62. The average molecular weight is 360 g/mol. The minimum Gasteiger partial charge on any atom is -0.311 e. The van der Waals surface area contributed by atoms with Crippen molar-refractivity contribution in [3.05, 3.63) is 53.3 Å². The minimum absolute atomic E-state index is 0.0172. The number of aryl methyl sites for hydroxylation is 1. The van der Waals surface area contributed by atoms with Gasteiger partial charge in [0.2, 0.25) is 5.91 Å². The molecule has 5 nitrogen and oxygen atoms in total. The third kappa shape index (κ3) is 2.59. The summed E-state index contributed by atoms with van der Waals surface area (Å²) < 4.78 is 41.2. The van der Waals surface area contributed by atoms with E-state index in [1.807, 2.05) is 0 Å². The Morgan fingerprint density at radius 3 is 2.80 bits per heavy atom. The van der Waals surface area contributed by atoms with E-state index in [1.165, 1.54) is 18.2 Å². The Labute approximate surface area is 145 Å². The van der Waals surface area contributed by atoms with E-state index < -0.39 is 15.8 Å². The monoisotopic (exact) mass is 360 g/mol. The van der Waals surface area contributed by atoms with Crippen LogP contribution in [0.3, 0.4) is 0 Å². The molecular formula is C18H17FN2O3S. The summed E-state index contributed by atoms with van der Waals surface area (Å²) in [7, 11) is -3.87. The summed E-state index contributed by atoms with van der Waals surface area (Å²) >= 11 is 0. The molecular weight excluding hydrogens is 343 g/mol. The van der Waals surface area contributed by atoms with Crippen LogP contribution in [0.2, 0.25) is 0 Å². The molecule has 0 bridgehead atoms. The molecule has 0 aromatic heterocycles. The van der Waals surface area contributed by atoms with Crippen molar-refractivity contribution in [1.82, 2.24) is 0 Å². The van der Waals surface area contributed by atoms with Crippen LogP contribution in [0.4, 0.5) is 15.8 Å². The molecule has 25 heavy (non-hydrogen) atoms. The number of nitrogens with zero attached hydrogens (tertiary/aromatic N) is 1. The molecule has 7 heteroatoms. The molecule has 0 unspecified atom stereocenters. The Bertz CT molecular complexity index is 988. The second-order valence-electron chi connectivity index (χ2n) is 6.45. The van der Waals surface area contributed by atoms with Crippen molar-refractivity contribution in [2.75, 3.05) is 16.2 Å². The molecule has 0 saturated carbocycles. The second kappa shape index (κ2) is 5.56. The van der Waals surface area contributed by atoms with Crippen molar-refractivity contribution in [2.24, 2.45) is 0 Å². The van der Waals surface area contributed by atoms with Gasteiger partial charge in [-0.15, -0.1) is 0 Å². The zero-order chi connectivity index (χ0) is 17.8. The van der Waals surface area contributed by atoms with E-state index in [0.717, 1.165) is 35.7 Å². The smallest absolute Gasteiger partial charge is 0.261 e. The molecule has 0 fully saturated rings. The van der Waals surface area contributed by atoms with Gasteiger partial charge in [0.1, 0.15) is 5.82 Å². The van der Waals surface area contributed by atoms with Gasteiger partial charge in [-0.05, 0) is 61.2 Å². The Balaban J connectivity index is 1.78. The summed E-state index contributed by atoms with van der Waals surface area (Å²) in [5, 5.41) is 0. The fourth-order valence-corrected chi connectivity index (χ4v) is 4.72. The molecule has 0 saturated heterocycles. The number of hydrogen-bond acceptors (Lipinski definition) is 3. The number of amides is 1. The van der Waals surface area contributed by atoms with E-state index in [0.29, 0.717) is 6.54 Å². The van der Waals surface area contributed by atoms with Gasteiger partial charge in [0.25, 0.3) is 10.0 Å². The maximum atomic E-state index is 13.3. The average Bonchev–Trinajstić information content (AvgIpc) is 2.81. The summed E-state index contributed by atoms with van der Waals surface area (Å²) in [4.78, 5) is 14.3. The first-order valence-electron chi connectivity index (χ1n) is 8.13. The molecule has 2 heterocycles. The Hall–Kier alpha value is -2.41. The fraction of sp³-hybridized carbons (Fsp3) is 0.278. The number of carbonyl (C=O) groups is 1. The largest absolute Gasteiger partial charge is 0.311 e.